The summed E-state index contributed by atoms with van der Waals surface area (Å²) in [5.41, 5.74) is 4.72. The predicted octanol–water partition coefficient (Wildman–Crippen LogP) is 5.58. The van der Waals surface area contributed by atoms with Crippen molar-refractivity contribution in [3.05, 3.63) is 83.1 Å². The molecule has 0 saturated carbocycles. The Balaban J connectivity index is 1.57. The lowest BCUT2D eigenvalue weighted by Gasteiger charge is -2.12. The number of imidazole rings is 1. The number of nitrogens with one attached hydrogen (secondary N) is 1. The Morgan fingerprint density at radius 2 is 2.03 bits per heavy atom. The lowest BCUT2D eigenvalue weighted by atomic mass is 10.1. The van der Waals surface area contributed by atoms with Crippen LogP contribution in [0.25, 0.3) is 11.0 Å². The molecule has 5 nitrogen and oxygen atoms in total. The molecule has 30 heavy (non-hydrogen) atoms. The van der Waals surface area contributed by atoms with Gasteiger partial charge in [-0.05, 0) is 41.8 Å². The summed E-state index contributed by atoms with van der Waals surface area (Å²) in [6, 6.07) is 17.5. The third-order valence-corrected chi connectivity index (χ3v) is 6.03. The van der Waals surface area contributed by atoms with Gasteiger partial charge in [-0.1, -0.05) is 60.6 Å². The quantitative estimate of drug-likeness (QED) is 0.384. The van der Waals surface area contributed by atoms with E-state index in [1.54, 1.807) is 24.2 Å². The van der Waals surface area contributed by atoms with Crippen molar-refractivity contribution in [1.29, 1.82) is 0 Å². The minimum absolute atomic E-state index is 0.0938. The molecular weight excluding hydrogens is 416 g/mol. The third-order valence-electron chi connectivity index (χ3n) is 4.75. The van der Waals surface area contributed by atoms with Crippen LogP contribution in [-0.2, 0) is 23.5 Å². The van der Waals surface area contributed by atoms with E-state index in [1.807, 2.05) is 59.2 Å². The zero-order valence-corrected chi connectivity index (χ0v) is 18.1. The predicted molar refractivity (Wildman–Crippen MR) is 123 cm³/mol. The average Bonchev–Trinajstić information content (AvgIpc) is 3.10. The van der Waals surface area contributed by atoms with Crippen LogP contribution in [0.15, 0.2) is 72.1 Å². The molecule has 0 fully saturated rings. The molecule has 7 heteroatoms. The first kappa shape index (κ1) is 20.4. The summed E-state index contributed by atoms with van der Waals surface area (Å²) < 4.78 is 1.92. The van der Waals surface area contributed by atoms with E-state index in [0.717, 1.165) is 39.4 Å². The molecule has 1 amide bonds. The molecule has 0 unspecified atom stereocenters. The Bertz CT molecular complexity index is 1190. The van der Waals surface area contributed by atoms with Crippen LogP contribution in [0.4, 0.5) is 5.69 Å². The zero-order chi connectivity index (χ0) is 20.9. The van der Waals surface area contributed by atoms with Gasteiger partial charge in [-0.25, -0.2) is 4.98 Å². The maximum atomic E-state index is 12.9. The van der Waals surface area contributed by atoms with E-state index < -0.39 is 0 Å². The van der Waals surface area contributed by atoms with E-state index in [9.17, 15) is 4.79 Å². The van der Waals surface area contributed by atoms with Gasteiger partial charge in [0.25, 0.3) is 0 Å². The van der Waals surface area contributed by atoms with Gasteiger partial charge < -0.3 is 9.88 Å². The Hall–Kier alpha value is -2.83. The summed E-state index contributed by atoms with van der Waals surface area (Å²) in [6.45, 7) is 2.24. The number of benzene rings is 2. The number of hydrogen-bond donors (Lipinski definition) is 1. The average molecular weight is 437 g/mol. The summed E-state index contributed by atoms with van der Waals surface area (Å²) in [4.78, 5) is 21.8. The molecule has 2 aromatic heterocycles. The number of carbonyl (C=O) groups is 1. The molecule has 2 heterocycles. The number of aryl methyl sites for hydroxylation is 1. The maximum Gasteiger partial charge on any atom is 0.244 e. The number of amides is 1. The number of hydrogen-bond acceptors (Lipinski definition) is 4. The van der Waals surface area contributed by atoms with Gasteiger partial charge in [0.1, 0.15) is 6.54 Å². The topological polar surface area (TPSA) is 59.8 Å². The monoisotopic (exact) mass is 436 g/mol. The van der Waals surface area contributed by atoms with Gasteiger partial charge in [-0.2, -0.15) is 0 Å². The fourth-order valence-electron chi connectivity index (χ4n) is 3.27. The van der Waals surface area contributed by atoms with Crippen LogP contribution >= 0.6 is 23.4 Å². The molecule has 0 aliphatic heterocycles. The number of para-hydroxylation sites is 1. The van der Waals surface area contributed by atoms with Gasteiger partial charge in [0, 0.05) is 22.7 Å². The minimum Gasteiger partial charge on any atom is -0.324 e. The number of fused-ring (bicyclic) bond motifs is 1. The molecule has 1 N–H and O–H groups in total. The fourth-order valence-corrected chi connectivity index (χ4v) is 4.44. The summed E-state index contributed by atoms with van der Waals surface area (Å²) in [5, 5.41) is 4.52. The van der Waals surface area contributed by atoms with Crippen LogP contribution < -0.4 is 5.32 Å². The molecule has 2 aromatic carbocycles. The van der Waals surface area contributed by atoms with Crippen molar-refractivity contribution in [2.75, 3.05) is 5.32 Å². The SMILES string of the molecule is CCc1ccccc1NC(=O)Cn1c(SCc2cccc(Cl)c2)nc2ccncc21. The number of rotatable bonds is 7. The number of carbonyl (C=O) groups excluding carboxylic acids is 1. The molecule has 152 valence electrons. The van der Waals surface area contributed by atoms with Crippen molar-refractivity contribution in [1.82, 2.24) is 14.5 Å². The summed E-state index contributed by atoms with van der Waals surface area (Å²) in [6.07, 6.45) is 4.32. The summed E-state index contributed by atoms with van der Waals surface area (Å²) in [7, 11) is 0. The Morgan fingerprint density at radius 1 is 1.17 bits per heavy atom. The Morgan fingerprint density at radius 3 is 2.87 bits per heavy atom. The second kappa shape index (κ2) is 9.32. The lowest BCUT2D eigenvalue weighted by molar-refractivity contribution is -0.116. The van der Waals surface area contributed by atoms with E-state index in [-0.39, 0.29) is 12.5 Å². The molecule has 0 radical (unpaired) electrons. The van der Waals surface area contributed by atoms with Crippen LogP contribution in [0.3, 0.4) is 0 Å². The molecule has 0 aliphatic rings. The smallest absolute Gasteiger partial charge is 0.244 e. The van der Waals surface area contributed by atoms with Crippen LogP contribution in [-0.4, -0.2) is 20.4 Å². The highest BCUT2D eigenvalue weighted by atomic mass is 35.5. The van der Waals surface area contributed by atoms with Crippen LogP contribution in [0.2, 0.25) is 5.02 Å². The molecular formula is C23H21ClN4OS. The largest absolute Gasteiger partial charge is 0.324 e. The van der Waals surface area contributed by atoms with Crippen LogP contribution in [0.5, 0.6) is 0 Å². The van der Waals surface area contributed by atoms with Gasteiger partial charge in [0.15, 0.2) is 5.16 Å². The van der Waals surface area contributed by atoms with E-state index in [4.69, 9.17) is 16.6 Å². The van der Waals surface area contributed by atoms with Crippen molar-refractivity contribution in [2.45, 2.75) is 30.8 Å². The van der Waals surface area contributed by atoms with Gasteiger partial charge in [0.05, 0.1) is 17.2 Å². The number of halogens is 1. The fraction of sp³-hybridized carbons (Fsp3) is 0.174. The molecule has 0 bridgehead atoms. The van der Waals surface area contributed by atoms with Crippen LogP contribution in [0, 0.1) is 0 Å². The number of aromatic nitrogens is 3. The second-order valence-electron chi connectivity index (χ2n) is 6.82. The third kappa shape index (κ3) is 4.66. The van der Waals surface area contributed by atoms with Crippen molar-refractivity contribution < 1.29 is 4.79 Å². The first-order valence-electron chi connectivity index (χ1n) is 9.69. The summed E-state index contributed by atoms with van der Waals surface area (Å²) >= 11 is 7.68. The summed E-state index contributed by atoms with van der Waals surface area (Å²) in [5.74, 6) is 0.612. The van der Waals surface area contributed by atoms with E-state index in [1.165, 1.54) is 0 Å². The first-order valence-corrected chi connectivity index (χ1v) is 11.1. The zero-order valence-electron chi connectivity index (χ0n) is 16.5. The van der Waals surface area contributed by atoms with Crippen molar-refractivity contribution >= 4 is 46.0 Å². The molecule has 0 saturated heterocycles. The molecule has 0 aliphatic carbocycles. The lowest BCUT2D eigenvalue weighted by Crippen LogP contribution is -2.20. The van der Waals surface area contributed by atoms with E-state index in [0.29, 0.717) is 10.8 Å². The molecule has 4 aromatic rings. The maximum absolute atomic E-state index is 12.9. The van der Waals surface area contributed by atoms with Crippen molar-refractivity contribution in [3.8, 4) is 0 Å². The number of anilines is 1. The normalized spacial score (nSPS) is 11.0. The molecule has 4 rings (SSSR count). The second-order valence-corrected chi connectivity index (χ2v) is 8.20. The van der Waals surface area contributed by atoms with Gasteiger partial charge >= 0.3 is 0 Å². The Labute approximate surface area is 184 Å². The molecule has 0 spiro atoms. The van der Waals surface area contributed by atoms with E-state index >= 15 is 0 Å². The van der Waals surface area contributed by atoms with Gasteiger partial charge in [-0.15, -0.1) is 0 Å². The number of nitrogens with zero attached hydrogens (tertiary/aromatic N) is 3. The van der Waals surface area contributed by atoms with Crippen LogP contribution in [0.1, 0.15) is 18.1 Å². The first-order chi connectivity index (χ1) is 14.6. The minimum atomic E-state index is -0.0938. The highest BCUT2D eigenvalue weighted by molar-refractivity contribution is 7.98. The number of pyridine rings is 1. The van der Waals surface area contributed by atoms with E-state index in [2.05, 4.69) is 17.2 Å². The standard InChI is InChI=1S/C23H21ClN4OS/c1-2-17-7-3-4-9-19(17)26-22(29)14-28-21-13-25-11-10-20(21)27-23(28)30-15-16-6-5-8-18(24)12-16/h3-13H,2,14-15H2,1H3,(H,26,29). The highest BCUT2D eigenvalue weighted by Gasteiger charge is 2.15. The van der Waals surface area contributed by atoms with Gasteiger partial charge in [0.2, 0.25) is 5.91 Å². The molecule has 0 atom stereocenters. The van der Waals surface area contributed by atoms with Gasteiger partial charge in [-0.3, -0.25) is 9.78 Å². The van der Waals surface area contributed by atoms with Crippen molar-refractivity contribution in [3.63, 3.8) is 0 Å². The highest BCUT2D eigenvalue weighted by Crippen LogP contribution is 2.27. The Kier molecular flexibility index (Phi) is 6.35. The van der Waals surface area contributed by atoms with Crippen molar-refractivity contribution in [2.24, 2.45) is 0 Å². The number of thioether (sulfide) groups is 1.